The number of halogens is 1. The minimum atomic E-state index is 0.420. The molecule has 27 heavy (non-hydrogen) atoms. The largest absolute Gasteiger partial charge is 0.487 e. The van der Waals surface area contributed by atoms with E-state index < -0.39 is 0 Å². The van der Waals surface area contributed by atoms with Gasteiger partial charge in [0.25, 0.3) is 0 Å². The number of fused-ring (bicyclic) bond motifs is 2. The minimum absolute atomic E-state index is 0.420. The molecule has 2 aromatic carbocycles. The van der Waals surface area contributed by atoms with Crippen molar-refractivity contribution in [1.29, 1.82) is 0 Å². The highest BCUT2D eigenvalue weighted by molar-refractivity contribution is 9.10. The molecule has 1 aliphatic rings. The molecule has 0 unspecified atom stereocenters. The van der Waals surface area contributed by atoms with Gasteiger partial charge in [-0.05, 0) is 30.3 Å². The van der Waals surface area contributed by atoms with Crippen LogP contribution >= 0.6 is 15.9 Å². The summed E-state index contributed by atoms with van der Waals surface area (Å²) >= 11 is 3.45. The predicted molar refractivity (Wildman–Crippen MR) is 104 cm³/mol. The average Bonchev–Trinajstić information content (AvgIpc) is 2.68. The van der Waals surface area contributed by atoms with Gasteiger partial charge < -0.3 is 28.4 Å². The first-order valence-corrected chi connectivity index (χ1v) is 9.67. The van der Waals surface area contributed by atoms with Gasteiger partial charge in [0.05, 0.1) is 26.4 Å². The molecule has 2 aromatic rings. The summed E-state index contributed by atoms with van der Waals surface area (Å²) in [6.45, 7) is 3.55. The molecule has 3 rings (SSSR count). The molecule has 0 aliphatic carbocycles. The zero-order valence-electron chi connectivity index (χ0n) is 15.0. The fourth-order valence-electron chi connectivity index (χ4n) is 2.45. The van der Waals surface area contributed by atoms with Crippen LogP contribution in [0.4, 0.5) is 0 Å². The van der Waals surface area contributed by atoms with Gasteiger partial charge in [-0.25, -0.2) is 0 Å². The molecule has 0 spiro atoms. The highest BCUT2D eigenvalue weighted by atomic mass is 79.9. The zero-order chi connectivity index (χ0) is 18.7. The Morgan fingerprint density at radius 2 is 0.963 bits per heavy atom. The van der Waals surface area contributed by atoms with Gasteiger partial charge in [-0.2, -0.15) is 0 Å². The standard InChI is InChI=1S/C20H23BrO6/c21-16-5-6-19-20(15-16)27-14-10-23-8-12-25-18-4-2-1-3-17(18)24-11-7-22-9-13-26-19/h1-6,15H,7-14H2. The first-order valence-electron chi connectivity index (χ1n) is 8.88. The summed E-state index contributed by atoms with van der Waals surface area (Å²) in [6.07, 6.45) is 0. The van der Waals surface area contributed by atoms with Crippen molar-refractivity contribution in [3.63, 3.8) is 0 Å². The van der Waals surface area contributed by atoms with Crippen molar-refractivity contribution in [3.8, 4) is 23.0 Å². The van der Waals surface area contributed by atoms with E-state index in [1.165, 1.54) is 0 Å². The molecule has 0 amide bonds. The Morgan fingerprint density at radius 1 is 0.519 bits per heavy atom. The Kier molecular flexibility index (Phi) is 8.07. The highest BCUT2D eigenvalue weighted by Crippen LogP contribution is 2.30. The van der Waals surface area contributed by atoms with Crippen molar-refractivity contribution in [1.82, 2.24) is 0 Å². The van der Waals surface area contributed by atoms with Crippen molar-refractivity contribution < 1.29 is 28.4 Å². The molecule has 0 saturated carbocycles. The SMILES string of the molecule is Brc1ccc2c(c1)OCCOCCOc1ccccc1OCCOCCO2. The highest BCUT2D eigenvalue weighted by Gasteiger charge is 2.08. The van der Waals surface area contributed by atoms with Crippen molar-refractivity contribution in [2.24, 2.45) is 0 Å². The molecular weight excluding hydrogens is 416 g/mol. The second-order valence-electron chi connectivity index (χ2n) is 5.66. The lowest BCUT2D eigenvalue weighted by Crippen LogP contribution is -2.15. The van der Waals surface area contributed by atoms with Crippen molar-refractivity contribution >= 4 is 15.9 Å². The monoisotopic (exact) mass is 438 g/mol. The van der Waals surface area contributed by atoms with Crippen LogP contribution in [-0.2, 0) is 9.47 Å². The Bertz CT molecular complexity index is 709. The van der Waals surface area contributed by atoms with E-state index in [9.17, 15) is 0 Å². The second-order valence-corrected chi connectivity index (χ2v) is 6.57. The summed E-state index contributed by atoms with van der Waals surface area (Å²) < 4.78 is 35.1. The number of hydrogen-bond donors (Lipinski definition) is 0. The van der Waals surface area contributed by atoms with Crippen LogP contribution in [0.15, 0.2) is 46.9 Å². The molecule has 146 valence electrons. The van der Waals surface area contributed by atoms with Crippen LogP contribution in [0, 0.1) is 0 Å². The summed E-state index contributed by atoms with van der Waals surface area (Å²) in [6, 6.07) is 13.2. The summed E-state index contributed by atoms with van der Waals surface area (Å²) in [5, 5.41) is 0. The van der Waals surface area contributed by atoms with E-state index in [1.807, 2.05) is 42.5 Å². The van der Waals surface area contributed by atoms with E-state index in [-0.39, 0.29) is 0 Å². The van der Waals surface area contributed by atoms with Crippen LogP contribution in [0.2, 0.25) is 0 Å². The zero-order valence-corrected chi connectivity index (χ0v) is 16.6. The fourth-order valence-corrected chi connectivity index (χ4v) is 2.79. The molecule has 1 heterocycles. The lowest BCUT2D eigenvalue weighted by molar-refractivity contribution is 0.0640. The fraction of sp³-hybridized carbons (Fsp3) is 0.400. The van der Waals surface area contributed by atoms with Gasteiger partial charge in [-0.1, -0.05) is 28.1 Å². The molecule has 0 bridgehead atoms. The Balaban J connectivity index is 1.58. The van der Waals surface area contributed by atoms with Crippen molar-refractivity contribution in [3.05, 3.63) is 46.9 Å². The second kappa shape index (κ2) is 11.0. The smallest absolute Gasteiger partial charge is 0.162 e. The third-order valence-electron chi connectivity index (χ3n) is 3.70. The van der Waals surface area contributed by atoms with Gasteiger partial charge in [0, 0.05) is 4.47 Å². The van der Waals surface area contributed by atoms with E-state index in [2.05, 4.69) is 15.9 Å². The van der Waals surface area contributed by atoms with Crippen LogP contribution in [0.5, 0.6) is 23.0 Å². The van der Waals surface area contributed by atoms with Crippen LogP contribution in [0.1, 0.15) is 0 Å². The number of hydrogen-bond acceptors (Lipinski definition) is 6. The maximum absolute atomic E-state index is 5.79. The molecule has 0 fully saturated rings. The minimum Gasteiger partial charge on any atom is -0.487 e. The van der Waals surface area contributed by atoms with Gasteiger partial charge in [-0.3, -0.25) is 0 Å². The van der Waals surface area contributed by atoms with Gasteiger partial charge in [-0.15, -0.1) is 0 Å². The normalized spacial score (nSPS) is 16.8. The molecule has 0 radical (unpaired) electrons. The average molecular weight is 439 g/mol. The van der Waals surface area contributed by atoms with E-state index in [0.717, 1.165) is 4.47 Å². The van der Waals surface area contributed by atoms with Crippen molar-refractivity contribution in [2.45, 2.75) is 0 Å². The molecule has 0 aromatic heterocycles. The molecule has 0 saturated heterocycles. The molecule has 0 atom stereocenters. The summed E-state index contributed by atoms with van der Waals surface area (Å²) in [5.41, 5.74) is 0. The van der Waals surface area contributed by atoms with E-state index in [0.29, 0.717) is 75.9 Å². The van der Waals surface area contributed by atoms with Crippen LogP contribution in [0.25, 0.3) is 0 Å². The Morgan fingerprint density at radius 3 is 1.48 bits per heavy atom. The maximum atomic E-state index is 5.79. The van der Waals surface area contributed by atoms with Gasteiger partial charge >= 0.3 is 0 Å². The number of benzene rings is 2. The van der Waals surface area contributed by atoms with Gasteiger partial charge in [0.1, 0.15) is 26.4 Å². The van der Waals surface area contributed by atoms with Crippen molar-refractivity contribution in [2.75, 3.05) is 52.9 Å². The first-order chi connectivity index (χ1) is 13.3. The Labute approximate surface area is 167 Å². The van der Waals surface area contributed by atoms with E-state index in [1.54, 1.807) is 0 Å². The van der Waals surface area contributed by atoms with Crippen LogP contribution in [0.3, 0.4) is 0 Å². The van der Waals surface area contributed by atoms with E-state index >= 15 is 0 Å². The van der Waals surface area contributed by atoms with Gasteiger partial charge in [0.2, 0.25) is 0 Å². The third-order valence-corrected chi connectivity index (χ3v) is 4.19. The molecule has 7 heteroatoms. The Hall–Kier alpha value is -1.96. The van der Waals surface area contributed by atoms with Crippen LogP contribution < -0.4 is 18.9 Å². The summed E-state index contributed by atoms with van der Waals surface area (Å²) in [4.78, 5) is 0. The topological polar surface area (TPSA) is 55.4 Å². The molecule has 1 aliphatic heterocycles. The first kappa shape index (κ1) is 19.8. The number of rotatable bonds is 0. The predicted octanol–water partition coefficient (Wildman–Crippen LogP) is 3.71. The molecular formula is C20H23BrO6. The molecule has 0 N–H and O–H groups in total. The van der Waals surface area contributed by atoms with Gasteiger partial charge in [0.15, 0.2) is 23.0 Å². The summed E-state index contributed by atoms with van der Waals surface area (Å²) in [7, 11) is 0. The van der Waals surface area contributed by atoms with E-state index in [4.69, 9.17) is 28.4 Å². The maximum Gasteiger partial charge on any atom is 0.162 e. The molecule has 6 nitrogen and oxygen atoms in total. The van der Waals surface area contributed by atoms with Crippen LogP contribution in [-0.4, -0.2) is 52.9 Å². The lowest BCUT2D eigenvalue weighted by atomic mass is 10.3. The lowest BCUT2D eigenvalue weighted by Gasteiger charge is -2.15. The summed E-state index contributed by atoms with van der Waals surface area (Å²) in [5.74, 6) is 2.74. The quantitative estimate of drug-likeness (QED) is 0.624. The third kappa shape index (κ3) is 6.61. The number of para-hydroxylation sites is 2. The number of ether oxygens (including phenoxy) is 6.